The highest BCUT2D eigenvalue weighted by Gasteiger charge is 2.27. The zero-order chi connectivity index (χ0) is 18.0. The number of nitrogens with zero attached hydrogens (tertiary/aromatic N) is 5. The van der Waals surface area contributed by atoms with E-state index in [1.807, 2.05) is 11.8 Å². The average molecular weight is 346 g/mol. The number of H-pyrrole nitrogens is 2. The normalized spacial score (nSPS) is 18.4. The van der Waals surface area contributed by atoms with Crippen molar-refractivity contribution in [3.05, 3.63) is 23.3 Å². The summed E-state index contributed by atoms with van der Waals surface area (Å²) >= 11 is 0. The molecule has 1 aliphatic heterocycles. The molecule has 0 aromatic carbocycles. The number of carbonyl (C=O) groups excluding carboxylic acids is 1. The summed E-state index contributed by atoms with van der Waals surface area (Å²) in [5.74, 6) is 3.19. The van der Waals surface area contributed by atoms with Gasteiger partial charge in [0.15, 0.2) is 11.6 Å². The van der Waals surface area contributed by atoms with Gasteiger partial charge in [-0.15, -0.1) is 0 Å². The number of hydrogen-bond acceptors (Lipinski definition) is 5. The van der Waals surface area contributed by atoms with Gasteiger partial charge in [-0.3, -0.25) is 10.2 Å². The third-order valence-electron chi connectivity index (χ3n) is 4.30. The van der Waals surface area contributed by atoms with Crippen LogP contribution in [0.5, 0.6) is 0 Å². The Morgan fingerprint density at radius 1 is 1.28 bits per heavy atom. The summed E-state index contributed by atoms with van der Waals surface area (Å²) in [7, 11) is 0. The number of piperidine rings is 1. The molecule has 0 saturated carbocycles. The molecule has 9 nitrogen and oxygen atoms in total. The van der Waals surface area contributed by atoms with E-state index < -0.39 is 0 Å². The van der Waals surface area contributed by atoms with E-state index in [9.17, 15) is 4.79 Å². The molecule has 0 bridgehead atoms. The standard InChI is InChI=1S/C16H26N8O/c1-10-18-13(22-20-10)11-6-5-7-24(9-11)15(25)17-8-12-19-14(23-21-12)16(2,3)4/h11H,5-9H2,1-4H3,(H,17,25)(H,18,20,22)(H,19,21,23). The second-order valence-electron chi connectivity index (χ2n) is 7.58. The van der Waals surface area contributed by atoms with Crippen molar-refractivity contribution in [3.8, 4) is 0 Å². The smallest absolute Gasteiger partial charge is 0.317 e. The van der Waals surface area contributed by atoms with Gasteiger partial charge < -0.3 is 10.2 Å². The Kier molecular flexibility index (Phi) is 4.73. The van der Waals surface area contributed by atoms with Crippen LogP contribution in [0.2, 0.25) is 0 Å². The predicted molar refractivity (Wildman–Crippen MR) is 92.0 cm³/mol. The molecule has 9 heteroatoms. The zero-order valence-corrected chi connectivity index (χ0v) is 15.3. The number of urea groups is 1. The maximum atomic E-state index is 12.5. The van der Waals surface area contributed by atoms with E-state index in [1.165, 1.54) is 0 Å². The molecule has 1 aliphatic rings. The van der Waals surface area contributed by atoms with Gasteiger partial charge in [0.2, 0.25) is 0 Å². The number of likely N-dealkylation sites (tertiary alicyclic amines) is 1. The van der Waals surface area contributed by atoms with Gasteiger partial charge in [0.05, 0.1) is 6.54 Å². The van der Waals surface area contributed by atoms with Crippen LogP contribution < -0.4 is 5.32 Å². The lowest BCUT2D eigenvalue weighted by molar-refractivity contribution is 0.177. The summed E-state index contributed by atoms with van der Waals surface area (Å²) in [4.78, 5) is 23.1. The summed E-state index contributed by atoms with van der Waals surface area (Å²) in [6.07, 6.45) is 1.94. The van der Waals surface area contributed by atoms with Gasteiger partial charge in [-0.25, -0.2) is 14.8 Å². The Morgan fingerprint density at radius 2 is 2.08 bits per heavy atom. The lowest BCUT2D eigenvalue weighted by Gasteiger charge is -2.31. The van der Waals surface area contributed by atoms with Crippen LogP contribution in [-0.4, -0.2) is 54.4 Å². The Morgan fingerprint density at radius 3 is 2.72 bits per heavy atom. The number of aromatic amines is 2. The van der Waals surface area contributed by atoms with Gasteiger partial charge >= 0.3 is 6.03 Å². The van der Waals surface area contributed by atoms with E-state index >= 15 is 0 Å². The Bertz CT molecular complexity index is 729. The van der Waals surface area contributed by atoms with E-state index in [4.69, 9.17) is 0 Å². The van der Waals surface area contributed by atoms with Gasteiger partial charge in [0, 0.05) is 24.4 Å². The molecule has 3 rings (SSSR count). The summed E-state index contributed by atoms with van der Waals surface area (Å²) < 4.78 is 0. The third kappa shape index (κ3) is 4.15. The van der Waals surface area contributed by atoms with Crippen molar-refractivity contribution in [2.24, 2.45) is 0 Å². The van der Waals surface area contributed by atoms with Crippen molar-refractivity contribution in [3.63, 3.8) is 0 Å². The van der Waals surface area contributed by atoms with Gasteiger partial charge in [0.1, 0.15) is 11.6 Å². The fraction of sp³-hybridized carbons (Fsp3) is 0.688. The predicted octanol–water partition coefficient (Wildman–Crippen LogP) is 1.62. The highest BCUT2D eigenvalue weighted by atomic mass is 16.2. The van der Waals surface area contributed by atoms with Crippen molar-refractivity contribution in [1.82, 2.24) is 40.6 Å². The van der Waals surface area contributed by atoms with Crippen molar-refractivity contribution in [2.45, 2.75) is 58.4 Å². The lowest BCUT2D eigenvalue weighted by atomic mass is 9.96. The minimum atomic E-state index is -0.118. The first-order valence-electron chi connectivity index (χ1n) is 8.66. The first-order valence-corrected chi connectivity index (χ1v) is 8.66. The van der Waals surface area contributed by atoms with Crippen molar-refractivity contribution in [1.29, 1.82) is 0 Å². The van der Waals surface area contributed by atoms with Crippen LogP contribution in [0.25, 0.3) is 0 Å². The van der Waals surface area contributed by atoms with Crippen LogP contribution in [0.3, 0.4) is 0 Å². The van der Waals surface area contributed by atoms with Crippen molar-refractivity contribution < 1.29 is 4.79 Å². The molecule has 3 N–H and O–H groups in total. The van der Waals surface area contributed by atoms with E-state index in [0.29, 0.717) is 18.9 Å². The highest BCUT2D eigenvalue weighted by molar-refractivity contribution is 5.74. The summed E-state index contributed by atoms with van der Waals surface area (Å²) in [5.41, 5.74) is -0.118. The second kappa shape index (κ2) is 6.81. The van der Waals surface area contributed by atoms with Crippen LogP contribution in [0.15, 0.2) is 0 Å². The van der Waals surface area contributed by atoms with Gasteiger partial charge in [-0.1, -0.05) is 20.8 Å². The molecule has 2 aromatic heterocycles. The van der Waals surface area contributed by atoms with Crippen LogP contribution >= 0.6 is 0 Å². The molecule has 1 unspecified atom stereocenters. The molecular weight excluding hydrogens is 320 g/mol. The minimum Gasteiger partial charge on any atom is -0.331 e. The van der Waals surface area contributed by atoms with Crippen LogP contribution in [0.1, 0.15) is 62.8 Å². The maximum absolute atomic E-state index is 12.5. The number of aryl methyl sites for hydroxylation is 1. The minimum absolute atomic E-state index is 0.0920. The molecule has 0 radical (unpaired) electrons. The van der Waals surface area contributed by atoms with Gasteiger partial charge in [-0.05, 0) is 19.8 Å². The summed E-state index contributed by atoms with van der Waals surface area (Å²) in [5, 5.41) is 17.1. The summed E-state index contributed by atoms with van der Waals surface area (Å²) in [6.45, 7) is 9.75. The van der Waals surface area contributed by atoms with E-state index in [2.05, 4.69) is 56.5 Å². The monoisotopic (exact) mass is 346 g/mol. The topological polar surface area (TPSA) is 115 Å². The Hall–Kier alpha value is -2.45. The molecule has 0 aliphatic carbocycles. The zero-order valence-electron chi connectivity index (χ0n) is 15.3. The maximum Gasteiger partial charge on any atom is 0.317 e. The molecule has 2 amide bonds. The molecule has 1 saturated heterocycles. The quantitative estimate of drug-likeness (QED) is 0.781. The van der Waals surface area contributed by atoms with Gasteiger partial charge in [0.25, 0.3) is 0 Å². The number of amides is 2. The van der Waals surface area contributed by atoms with E-state index in [1.54, 1.807) is 0 Å². The molecule has 0 spiro atoms. The Labute approximate surface area is 147 Å². The van der Waals surface area contributed by atoms with Crippen molar-refractivity contribution >= 4 is 6.03 Å². The first-order chi connectivity index (χ1) is 11.8. The highest BCUT2D eigenvalue weighted by Crippen LogP contribution is 2.24. The average Bonchev–Trinajstić information content (AvgIpc) is 3.21. The molecule has 25 heavy (non-hydrogen) atoms. The molecule has 2 aromatic rings. The SMILES string of the molecule is Cc1nc(C2CCCN(C(=O)NCc3nc(C(C)(C)C)n[nH]3)C2)n[nH]1. The molecular formula is C16H26N8O. The summed E-state index contributed by atoms with van der Waals surface area (Å²) in [6, 6.07) is -0.0920. The van der Waals surface area contributed by atoms with E-state index in [0.717, 1.165) is 36.9 Å². The van der Waals surface area contributed by atoms with Crippen molar-refractivity contribution in [2.75, 3.05) is 13.1 Å². The molecule has 1 fully saturated rings. The molecule has 3 heterocycles. The van der Waals surface area contributed by atoms with E-state index in [-0.39, 0.29) is 17.4 Å². The van der Waals surface area contributed by atoms with Crippen LogP contribution in [-0.2, 0) is 12.0 Å². The second-order valence-corrected chi connectivity index (χ2v) is 7.58. The van der Waals surface area contributed by atoms with Crippen LogP contribution in [0.4, 0.5) is 4.79 Å². The number of aromatic nitrogens is 6. The lowest BCUT2D eigenvalue weighted by Crippen LogP contribution is -2.45. The number of hydrogen-bond donors (Lipinski definition) is 3. The number of nitrogens with one attached hydrogen (secondary N) is 3. The fourth-order valence-electron chi connectivity index (χ4n) is 2.90. The largest absolute Gasteiger partial charge is 0.331 e. The fourth-order valence-corrected chi connectivity index (χ4v) is 2.90. The molecule has 1 atom stereocenters. The third-order valence-corrected chi connectivity index (χ3v) is 4.30. The molecule has 136 valence electrons. The number of carbonyl (C=O) groups is 1. The number of rotatable bonds is 3. The first kappa shape index (κ1) is 17.4. The Balaban J connectivity index is 1.55. The van der Waals surface area contributed by atoms with Gasteiger partial charge in [-0.2, -0.15) is 10.2 Å². The van der Waals surface area contributed by atoms with Crippen LogP contribution in [0, 0.1) is 6.92 Å².